The third-order valence-electron chi connectivity index (χ3n) is 2.45. The van der Waals surface area contributed by atoms with Crippen LogP contribution in [0, 0.1) is 0 Å². The number of hydrogen-bond donors (Lipinski definition) is 0. The van der Waals surface area contributed by atoms with Crippen LogP contribution in [0.5, 0.6) is 5.75 Å². The first-order chi connectivity index (χ1) is 7.47. The van der Waals surface area contributed by atoms with Crippen molar-refractivity contribution < 1.29 is 14.3 Å². The van der Waals surface area contributed by atoms with Crippen LogP contribution < -0.4 is 4.74 Å². The maximum atomic E-state index is 11.7. The lowest BCUT2D eigenvalue weighted by molar-refractivity contribution is -0.113. The quantitative estimate of drug-likeness (QED) is 0.578. The number of hydrogen-bond acceptors (Lipinski definition) is 3. The Hall–Kier alpha value is -1.64. The lowest BCUT2D eigenvalue weighted by atomic mass is 9.97. The van der Waals surface area contributed by atoms with Gasteiger partial charge in [0.05, 0.1) is 12.7 Å². The zero-order chi connectivity index (χ0) is 12.3. The van der Waals surface area contributed by atoms with E-state index in [1.54, 1.807) is 12.1 Å². The maximum Gasteiger partial charge on any atom is 0.231 e. The zero-order valence-electron chi connectivity index (χ0n) is 10.0. The summed E-state index contributed by atoms with van der Waals surface area (Å²) in [5.74, 6) is -0.215. The molecule has 0 spiro atoms. The smallest absolute Gasteiger partial charge is 0.231 e. The number of benzene rings is 1. The molecule has 0 N–H and O–H groups in total. The Labute approximate surface area is 95.4 Å². The van der Waals surface area contributed by atoms with Gasteiger partial charge >= 0.3 is 0 Å². The number of rotatable bonds is 4. The third kappa shape index (κ3) is 2.48. The van der Waals surface area contributed by atoms with E-state index in [-0.39, 0.29) is 0 Å². The van der Waals surface area contributed by atoms with E-state index in [1.807, 2.05) is 19.9 Å². The number of ketones is 2. The van der Waals surface area contributed by atoms with Gasteiger partial charge in [-0.15, -0.1) is 0 Å². The number of methoxy groups -OCH3 is 1. The van der Waals surface area contributed by atoms with Crippen molar-refractivity contribution in [1.82, 2.24) is 0 Å². The van der Waals surface area contributed by atoms with Crippen molar-refractivity contribution in [1.29, 1.82) is 0 Å². The van der Waals surface area contributed by atoms with E-state index >= 15 is 0 Å². The summed E-state index contributed by atoms with van der Waals surface area (Å²) in [5.41, 5.74) is 1.37. The second-order valence-electron chi connectivity index (χ2n) is 4.00. The minimum absolute atomic E-state index is 0.310. The average molecular weight is 220 g/mol. The van der Waals surface area contributed by atoms with Crippen molar-refractivity contribution in [2.45, 2.75) is 26.7 Å². The minimum atomic E-state index is -0.501. The van der Waals surface area contributed by atoms with Gasteiger partial charge in [0.1, 0.15) is 5.75 Å². The second kappa shape index (κ2) is 4.92. The fourth-order valence-electron chi connectivity index (χ4n) is 1.45. The molecule has 0 unspecified atom stereocenters. The van der Waals surface area contributed by atoms with Crippen molar-refractivity contribution in [2.24, 2.45) is 0 Å². The Morgan fingerprint density at radius 2 is 1.88 bits per heavy atom. The van der Waals surface area contributed by atoms with E-state index in [2.05, 4.69) is 0 Å². The minimum Gasteiger partial charge on any atom is -0.496 e. The largest absolute Gasteiger partial charge is 0.496 e. The third-order valence-corrected chi connectivity index (χ3v) is 2.45. The molecule has 0 saturated heterocycles. The van der Waals surface area contributed by atoms with E-state index in [9.17, 15) is 9.59 Å². The van der Waals surface area contributed by atoms with Crippen LogP contribution >= 0.6 is 0 Å². The molecule has 1 aromatic rings. The van der Waals surface area contributed by atoms with E-state index in [0.29, 0.717) is 17.2 Å². The molecule has 1 rings (SSSR count). The molecule has 0 atom stereocenters. The Morgan fingerprint density at radius 1 is 1.25 bits per heavy atom. The van der Waals surface area contributed by atoms with E-state index in [4.69, 9.17) is 4.74 Å². The molecule has 0 radical (unpaired) electrons. The summed E-state index contributed by atoms with van der Waals surface area (Å²) in [6.07, 6.45) is 0. The van der Waals surface area contributed by atoms with E-state index in [0.717, 1.165) is 5.56 Å². The van der Waals surface area contributed by atoms with Crippen LogP contribution in [0.3, 0.4) is 0 Å². The SMILES string of the molecule is COc1ccc(C(C)C)cc1C(=O)C(C)=O. The van der Waals surface area contributed by atoms with Gasteiger partial charge in [-0.1, -0.05) is 19.9 Å². The van der Waals surface area contributed by atoms with Crippen molar-refractivity contribution in [3.8, 4) is 5.75 Å². The highest BCUT2D eigenvalue weighted by atomic mass is 16.5. The predicted molar refractivity (Wildman–Crippen MR) is 62.1 cm³/mol. The lowest BCUT2D eigenvalue weighted by Crippen LogP contribution is -2.11. The van der Waals surface area contributed by atoms with Gasteiger partial charge in [0, 0.05) is 6.92 Å². The van der Waals surface area contributed by atoms with Gasteiger partial charge < -0.3 is 4.74 Å². The summed E-state index contributed by atoms with van der Waals surface area (Å²) >= 11 is 0. The predicted octanol–water partition coefficient (Wildman–Crippen LogP) is 2.59. The molecule has 0 saturated carbocycles. The molecule has 0 fully saturated rings. The van der Waals surface area contributed by atoms with E-state index < -0.39 is 11.6 Å². The van der Waals surface area contributed by atoms with Gasteiger partial charge in [0.15, 0.2) is 5.78 Å². The average Bonchev–Trinajstić information content (AvgIpc) is 2.26. The van der Waals surface area contributed by atoms with Crippen molar-refractivity contribution in [2.75, 3.05) is 7.11 Å². The molecule has 0 aliphatic rings. The summed E-state index contributed by atoms with van der Waals surface area (Å²) < 4.78 is 5.08. The standard InChI is InChI=1S/C13H16O3/c1-8(2)10-5-6-12(16-4)11(7-10)13(15)9(3)14/h5-8H,1-4H3. The molecule has 0 heterocycles. The molecule has 1 aromatic carbocycles. The Morgan fingerprint density at radius 3 is 2.31 bits per heavy atom. The maximum absolute atomic E-state index is 11.7. The van der Waals surface area contributed by atoms with Crippen LogP contribution in [-0.2, 0) is 4.79 Å². The summed E-state index contributed by atoms with van der Waals surface area (Å²) in [5, 5.41) is 0. The molecular formula is C13H16O3. The topological polar surface area (TPSA) is 43.4 Å². The Bertz CT molecular complexity index is 419. The Kier molecular flexibility index (Phi) is 3.82. The van der Waals surface area contributed by atoms with Crippen molar-refractivity contribution in [3.05, 3.63) is 29.3 Å². The molecule has 0 amide bonds. The highest BCUT2D eigenvalue weighted by Crippen LogP contribution is 2.24. The van der Waals surface area contributed by atoms with Gasteiger partial charge in [0.2, 0.25) is 5.78 Å². The van der Waals surface area contributed by atoms with Crippen LogP contribution in [-0.4, -0.2) is 18.7 Å². The van der Waals surface area contributed by atoms with Gasteiger partial charge in [-0.05, 0) is 23.6 Å². The molecule has 0 aliphatic carbocycles. The number of carbonyl (C=O) groups excluding carboxylic acids is 2. The molecule has 86 valence electrons. The first-order valence-electron chi connectivity index (χ1n) is 5.20. The summed E-state index contributed by atoms with van der Waals surface area (Å²) in [6, 6.07) is 5.36. The number of ether oxygens (including phenoxy) is 1. The highest BCUT2D eigenvalue weighted by molar-refractivity contribution is 6.43. The van der Waals surface area contributed by atoms with Gasteiger partial charge in [0.25, 0.3) is 0 Å². The number of Topliss-reactive ketones (excluding diaryl/α,β-unsaturated/α-hetero) is 2. The first kappa shape index (κ1) is 12.4. The van der Waals surface area contributed by atoms with Gasteiger partial charge in [-0.2, -0.15) is 0 Å². The zero-order valence-corrected chi connectivity index (χ0v) is 10.0. The van der Waals surface area contributed by atoms with Crippen LogP contribution in [0.15, 0.2) is 18.2 Å². The van der Waals surface area contributed by atoms with Crippen LogP contribution in [0.2, 0.25) is 0 Å². The molecule has 3 nitrogen and oxygen atoms in total. The Balaban J connectivity index is 3.27. The van der Waals surface area contributed by atoms with Gasteiger partial charge in [-0.25, -0.2) is 0 Å². The molecule has 3 heteroatoms. The first-order valence-corrected chi connectivity index (χ1v) is 5.20. The molecule has 16 heavy (non-hydrogen) atoms. The molecular weight excluding hydrogens is 204 g/mol. The van der Waals surface area contributed by atoms with E-state index in [1.165, 1.54) is 14.0 Å². The molecule has 0 bridgehead atoms. The normalized spacial score (nSPS) is 10.3. The fourth-order valence-corrected chi connectivity index (χ4v) is 1.45. The van der Waals surface area contributed by atoms with Crippen LogP contribution in [0.1, 0.15) is 42.6 Å². The van der Waals surface area contributed by atoms with Gasteiger partial charge in [-0.3, -0.25) is 9.59 Å². The lowest BCUT2D eigenvalue weighted by Gasteiger charge is -2.10. The number of carbonyl (C=O) groups is 2. The van der Waals surface area contributed by atoms with Crippen molar-refractivity contribution in [3.63, 3.8) is 0 Å². The molecule has 0 aromatic heterocycles. The second-order valence-corrected chi connectivity index (χ2v) is 4.00. The molecule has 0 aliphatic heterocycles. The van der Waals surface area contributed by atoms with Crippen molar-refractivity contribution >= 4 is 11.6 Å². The summed E-state index contributed by atoms with van der Waals surface area (Å²) in [4.78, 5) is 22.8. The monoisotopic (exact) mass is 220 g/mol. The van der Waals surface area contributed by atoms with Crippen LogP contribution in [0.25, 0.3) is 0 Å². The summed E-state index contributed by atoms with van der Waals surface area (Å²) in [6.45, 7) is 5.33. The fraction of sp³-hybridized carbons (Fsp3) is 0.385. The summed E-state index contributed by atoms with van der Waals surface area (Å²) in [7, 11) is 1.49. The highest BCUT2D eigenvalue weighted by Gasteiger charge is 2.17. The van der Waals surface area contributed by atoms with Crippen LogP contribution in [0.4, 0.5) is 0 Å².